The van der Waals surface area contributed by atoms with E-state index >= 15 is 0 Å². The van der Waals surface area contributed by atoms with E-state index < -0.39 is 74.9 Å². The Morgan fingerprint density at radius 1 is 0.476 bits per heavy atom. The standard InChI is InChI=1S/C17H17ClN6O2.C14H23BN2O4.C13H14N4O4.C13H16N4O2.C5H3BrN2O2.C4H2Cl2N2/c1-17(2,3)26-16(25)24-10-12(9-21-24)11-4-5-13(20-8-11)22-14-6-7-19-15(18)23-14;1-12(2,3)19-11(18)17-9-10(8-16-17)15-20-13(4,5)14(6,7)21-15;1-13(2,3)21-12(18)16-8-10(7-15-16)9-4-5-11(14-6-9)17(19)20;1-13(2,3)19-12(18)17-8-10(7-16-17)9-4-5-11(14)15-6-9;6-4-1-2-5(7-3-4)8(9)10;5-3-1-2-7-4(6)8-3/h4-10H,1-3H3,(H,19,20,22,23);8-9H,1-7H3;4-8H,1-3H3;4-8H,1-3H3,(H2,14,15);1-3H;1-2H. The van der Waals surface area contributed by atoms with E-state index in [2.05, 4.69) is 81.5 Å². The average molecular weight is 1570 g/mol. The predicted octanol–water partition coefficient (Wildman–Crippen LogP) is 14.4. The van der Waals surface area contributed by atoms with E-state index in [-0.39, 0.29) is 22.2 Å². The summed E-state index contributed by atoms with van der Waals surface area (Å²) >= 11 is 19.6. The van der Waals surface area contributed by atoms with E-state index in [0.29, 0.717) is 39.2 Å². The van der Waals surface area contributed by atoms with Gasteiger partial charge in [-0.1, -0.05) is 11.6 Å². The molecule has 1 aliphatic rings. The molecular weight excluding hydrogens is 1490 g/mol. The van der Waals surface area contributed by atoms with E-state index in [4.69, 9.17) is 68.8 Å². The lowest BCUT2D eigenvalue weighted by Crippen LogP contribution is -2.41. The van der Waals surface area contributed by atoms with Crippen LogP contribution in [0.1, 0.15) is 111 Å². The lowest BCUT2D eigenvalue weighted by molar-refractivity contribution is -0.389. The van der Waals surface area contributed by atoms with Gasteiger partial charge in [0.2, 0.25) is 10.6 Å². The number of nitrogens with two attached hydrogens (primary N) is 1. The molecule has 10 aromatic heterocycles. The van der Waals surface area contributed by atoms with Gasteiger partial charge in [0.1, 0.15) is 51.2 Å². The number of carbonyl (C=O) groups excluding carboxylic acids is 4. The Balaban J connectivity index is 0.000000204. The SMILES string of the molecule is CC(C)(C)OC(=O)n1cc(-c2ccc(N)nc2)cn1.CC(C)(C)OC(=O)n1cc(-c2ccc(Nc3ccnc(Cl)n3)nc2)cn1.CC(C)(C)OC(=O)n1cc(-c2ccc([N+](=O)[O-])nc2)cn1.CC(C)(C)OC(=O)n1cc(B2OC(C)(C)C(C)(C)O2)cn1.Clc1ccnc(Cl)n1.O=[N+]([O-])c1ccc(Br)cn1. The highest BCUT2D eigenvalue weighted by atomic mass is 79.9. The van der Waals surface area contributed by atoms with E-state index in [1.54, 1.807) is 154 Å². The molecule has 0 spiro atoms. The lowest BCUT2D eigenvalue weighted by atomic mass is 9.82. The maximum absolute atomic E-state index is 12.0. The van der Waals surface area contributed by atoms with Crippen LogP contribution in [0.15, 0.2) is 152 Å². The molecule has 554 valence electrons. The summed E-state index contributed by atoms with van der Waals surface area (Å²) in [6, 6.07) is 16.2. The molecule has 1 aliphatic heterocycles. The summed E-state index contributed by atoms with van der Waals surface area (Å²) in [5.74, 6) is 1.22. The van der Waals surface area contributed by atoms with Crippen molar-refractivity contribution in [3.63, 3.8) is 0 Å². The highest BCUT2D eigenvalue weighted by Crippen LogP contribution is 2.36. The molecule has 0 atom stereocenters. The van der Waals surface area contributed by atoms with Crippen LogP contribution < -0.4 is 16.5 Å². The number of halogens is 4. The normalized spacial score (nSPS) is 12.8. The van der Waals surface area contributed by atoms with Crippen molar-refractivity contribution in [1.82, 2.24) is 79.0 Å². The van der Waals surface area contributed by atoms with Crippen molar-refractivity contribution < 1.29 is 57.3 Å². The zero-order chi connectivity index (χ0) is 78.0. The van der Waals surface area contributed by atoms with Gasteiger partial charge in [-0.05, 0) is 218 Å². The minimum atomic E-state index is -0.613. The molecule has 0 amide bonds. The van der Waals surface area contributed by atoms with Crippen LogP contribution in [0.3, 0.4) is 0 Å². The minimum Gasteiger partial charge on any atom is -0.442 e. The second-order valence-electron chi connectivity index (χ2n) is 26.9. The first kappa shape index (κ1) is 83.2. The van der Waals surface area contributed by atoms with Gasteiger partial charge in [-0.3, -0.25) is 0 Å². The smallest absolute Gasteiger partial charge is 0.442 e. The van der Waals surface area contributed by atoms with Crippen LogP contribution in [-0.4, -0.2) is 154 Å². The zero-order valence-corrected chi connectivity index (χ0v) is 63.6. The van der Waals surface area contributed by atoms with Crippen molar-refractivity contribution in [1.29, 1.82) is 0 Å². The van der Waals surface area contributed by atoms with Crippen LogP contribution >= 0.6 is 50.7 Å². The Bertz CT molecular complexity index is 4560. The molecule has 0 radical (unpaired) electrons. The van der Waals surface area contributed by atoms with Crippen LogP contribution in [0.4, 0.5) is 48.3 Å². The number of hydrogen-bond acceptors (Lipinski definition) is 28. The van der Waals surface area contributed by atoms with Gasteiger partial charge in [-0.2, -0.15) is 39.1 Å². The Labute approximate surface area is 626 Å². The summed E-state index contributed by atoms with van der Waals surface area (Å²) in [5.41, 5.74) is 7.47. The fourth-order valence-corrected chi connectivity index (χ4v) is 8.40. The Kier molecular flexibility index (Phi) is 28.2. The van der Waals surface area contributed by atoms with Gasteiger partial charge in [0.25, 0.3) is 0 Å². The quantitative estimate of drug-likeness (QED) is 0.0356. The number of nitrogen functional groups attached to an aromatic ring is 1. The van der Waals surface area contributed by atoms with E-state index in [1.807, 2.05) is 60.6 Å². The monoisotopic (exact) mass is 1570 g/mol. The third kappa shape index (κ3) is 27.4. The highest BCUT2D eigenvalue weighted by Gasteiger charge is 2.52. The maximum atomic E-state index is 12.0. The van der Waals surface area contributed by atoms with Crippen LogP contribution in [-0.2, 0) is 28.3 Å². The second-order valence-corrected chi connectivity index (χ2v) is 28.9. The first-order chi connectivity index (χ1) is 48.8. The number of nitro groups is 2. The molecule has 1 fully saturated rings. The van der Waals surface area contributed by atoms with E-state index in [9.17, 15) is 39.4 Å². The van der Waals surface area contributed by atoms with Crippen molar-refractivity contribution in [2.45, 2.75) is 144 Å². The number of aromatic nitrogens is 16. The van der Waals surface area contributed by atoms with Gasteiger partial charge < -0.3 is 59.5 Å². The summed E-state index contributed by atoms with van der Waals surface area (Å²) in [6.07, 6.45) is 19.4. The van der Waals surface area contributed by atoms with Crippen molar-refractivity contribution in [3.8, 4) is 33.4 Å². The topological polar surface area (TPSA) is 422 Å². The average Bonchev–Trinajstić information content (AvgIpc) is 1.62. The number of pyridine rings is 4. The van der Waals surface area contributed by atoms with Gasteiger partial charge in [-0.25, -0.2) is 49.1 Å². The first-order valence-electron chi connectivity index (χ1n) is 31.2. The molecule has 0 bridgehead atoms. The summed E-state index contributed by atoms with van der Waals surface area (Å²) in [7, 11) is -0.536. The minimum absolute atomic E-state index is 0.136. The van der Waals surface area contributed by atoms with Crippen molar-refractivity contribution >= 4 is 117 Å². The highest BCUT2D eigenvalue weighted by molar-refractivity contribution is 9.10. The van der Waals surface area contributed by atoms with Gasteiger partial charge in [0.15, 0.2) is 6.20 Å². The summed E-state index contributed by atoms with van der Waals surface area (Å²) in [5, 5.41) is 40.3. The first-order valence-corrected chi connectivity index (χ1v) is 33.2. The summed E-state index contributed by atoms with van der Waals surface area (Å²) < 4.78 is 38.1. The maximum Gasteiger partial charge on any atom is 0.498 e. The van der Waals surface area contributed by atoms with Crippen LogP contribution in [0.25, 0.3) is 33.4 Å². The number of nitrogens with one attached hydrogen (secondary N) is 1. The second kappa shape index (κ2) is 35.6. The molecular formula is C66H75BBrCl3N20O14. The Morgan fingerprint density at radius 2 is 0.857 bits per heavy atom. The molecule has 3 N–H and O–H groups in total. The molecule has 11 rings (SSSR count). The molecule has 0 saturated carbocycles. The molecule has 11 heterocycles. The summed E-state index contributed by atoms with van der Waals surface area (Å²) in [6.45, 7) is 29.4. The van der Waals surface area contributed by atoms with E-state index in [0.717, 1.165) is 45.5 Å². The molecule has 0 aliphatic carbocycles. The van der Waals surface area contributed by atoms with Gasteiger partial charge in [0, 0.05) is 107 Å². The van der Waals surface area contributed by atoms with Crippen LogP contribution in [0, 0.1) is 20.2 Å². The molecule has 105 heavy (non-hydrogen) atoms. The van der Waals surface area contributed by atoms with Crippen molar-refractivity contribution in [2.75, 3.05) is 11.1 Å². The number of carbonyl (C=O) groups is 4. The number of hydrogen-bond donors (Lipinski definition) is 2. The Hall–Kier alpha value is -10.8. The van der Waals surface area contributed by atoms with Crippen LogP contribution in [0.2, 0.25) is 15.7 Å². The van der Waals surface area contributed by atoms with Gasteiger partial charge in [-0.15, -0.1) is 0 Å². The molecule has 10 aromatic rings. The third-order valence-electron chi connectivity index (χ3n) is 13.1. The fourth-order valence-electron chi connectivity index (χ4n) is 7.69. The Morgan fingerprint density at radius 3 is 1.20 bits per heavy atom. The third-order valence-corrected chi connectivity index (χ3v) is 14.1. The van der Waals surface area contributed by atoms with Crippen LogP contribution in [0.5, 0.6) is 0 Å². The molecule has 0 unspecified atom stereocenters. The number of anilines is 3. The fraction of sp³-hybridized carbons (Fsp3) is 0.333. The summed E-state index contributed by atoms with van der Waals surface area (Å²) in [4.78, 5) is 97.7. The zero-order valence-electron chi connectivity index (χ0n) is 59.8. The molecule has 39 heteroatoms. The van der Waals surface area contributed by atoms with Gasteiger partial charge >= 0.3 is 43.1 Å². The lowest BCUT2D eigenvalue weighted by Gasteiger charge is -2.32. The van der Waals surface area contributed by atoms with E-state index in [1.165, 1.54) is 43.1 Å². The van der Waals surface area contributed by atoms with Crippen molar-refractivity contribution in [2.24, 2.45) is 0 Å². The number of rotatable bonds is 8. The molecule has 1 saturated heterocycles. The van der Waals surface area contributed by atoms with Crippen molar-refractivity contribution in [3.05, 3.63) is 188 Å². The largest absolute Gasteiger partial charge is 0.498 e. The number of nitrogens with zero attached hydrogens (tertiary/aromatic N) is 18. The predicted molar refractivity (Wildman–Crippen MR) is 393 cm³/mol. The number of ether oxygens (including phenoxy) is 4. The molecule has 34 nitrogen and oxygen atoms in total. The molecule has 0 aromatic carbocycles. The van der Waals surface area contributed by atoms with Gasteiger partial charge in [0.05, 0.1) is 34.3 Å².